The van der Waals surface area contributed by atoms with Crippen LogP contribution in [0.25, 0.3) is 11.5 Å². The summed E-state index contributed by atoms with van der Waals surface area (Å²) in [6, 6.07) is 6.99. The van der Waals surface area contributed by atoms with Crippen LogP contribution in [-0.4, -0.2) is 21.9 Å². The molecule has 2 aromatic rings. The monoisotopic (exact) mass is 283 g/mol. The van der Waals surface area contributed by atoms with Gasteiger partial charge in [-0.05, 0) is 30.7 Å². The standard InChI is InChI=1S/C11H9ClN2O3S/c12-8-3-1-7(2-4-8)10-13-14-11(17-10)18-6-5-9(15)16/h1-4H,5-6H2,(H,15,16)/p-1. The summed E-state index contributed by atoms with van der Waals surface area (Å²) in [6.07, 6.45) is -0.0523. The number of aromatic nitrogens is 2. The number of aliphatic carboxylic acids is 1. The van der Waals surface area contributed by atoms with Crippen LogP contribution >= 0.6 is 23.4 Å². The predicted molar refractivity (Wildman–Crippen MR) is 65.1 cm³/mol. The van der Waals surface area contributed by atoms with E-state index in [1.807, 2.05) is 0 Å². The van der Waals surface area contributed by atoms with Crippen LogP contribution in [-0.2, 0) is 4.79 Å². The van der Waals surface area contributed by atoms with Gasteiger partial charge in [0, 0.05) is 22.3 Å². The van der Waals surface area contributed by atoms with Gasteiger partial charge in [0.05, 0.1) is 0 Å². The molecule has 0 bridgehead atoms. The smallest absolute Gasteiger partial charge is 0.276 e. The first-order valence-corrected chi connectivity index (χ1v) is 6.43. The number of carboxylic acid groups (broad SMARTS) is 1. The Labute approximate surface area is 112 Å². The molecule has 2 rings (SSSR count). The van der Waals surface area contributed by atoms with Gasteiger partial charge in [0.2, 0.25) is 5.89 Å². The summed E-state index contributed by atoms with van der Waals surface area (Å²) in [5.74, 6) is -0.382. The van der Waals surface area contributed by atoms with Crippen LogP contribution < -0.4 is 5.11 Å². The van der Waals surface area contributed by atoms with Gasteiger partial charge in [0.1, 0.15) is 0 Å². The molecule has 1 aromatic heterocycles. The number of carboxylic acids is 1. The zero-order chi connectivity index (χ0) is 13.0. The van der Waals surface area contributed by atoms with Crippen molar-refractivity contribution in [1.29, 1.82) is 0 Å². The quantitative estimate of drug-likeness (QED) is 0.776. The molecule has 0 spiro atoms. The number of benzene rings is 1. The normalized spacial score (nSPS) is 10.5. The Kier molecular flexibility index (Phi) is 4.22. The van der Waals surface area contributed by atoms with Gasteiger partial charge in [-0.25, -0.2) is 0 Å². The van der Waals surface area contributed by atoms with Crippen LogP contribution in [0.4, 0.5) is 0 Å². The lowest BCUT2D eigenvalue weighted by atomic mass is 10.2. The maximum absolute atomic E-state index is 10.2. The molecule has 0 fully saturated rings. The average molecular weight is 284 g/mol. The van der Waals surface area contributed by atoms with Crippen LogP contribution in [0.1, 0.15) is 6.42 Å². The molecular formula is C11H8ClN2O3S-. The van der Waals surface area contributed by atoms with Gasteiger partial charge in [0.15, 0.2) is 0 Å². The number of hydrogen-bond donors (Lipinski definition) is 0. The number of thioether (sulfide) groups is 1. The molecule has 5 nitrogen and oxygen atoms in total. The average Bonchev–Trinajstić information content (AvgIpc) is 2.78. The summed E-state index contributed by atoms with van der Waals surface area (Å²) in [4.78, 5) is 10.2. The lowest BCUT2D eigenvalue weighted by Gasteiger charge is -1.97. The maximum Gasteiger partial charge on any atom is 0.276 e. The van der Waals surface area contributed by atoms with E-state index < -0.39 is 5.97 Å². The van der Waals surface area contributed by atoms with Gasteiger partial charge in [-0.1, -0.05) is 23.4 Å². The molecule has 0 radical (unpaired) electrons. The fourth-order valence-corrected chi connectivity index (χ4v) is 2.00. The Hall–Kier alpha value is -1.53. The summed E-state index contributed by atoms with van der Waals surface area (Å²) in [7, 11) is 0. The van der Waals surface area contributed by atoms with Crippen molar-refractivity contribution in [2.45, 2.75) is 11.6 Å². The van der Waals surface area contributed by atoms with E-state index in [2.05, 4.69) is 10.2 Å². The molecule has 0 N–H and O–H groups in total. The third kappa shape index (κ3) is 3.48. The zero-order valence-electron chi connectivity index (χ0n) is 9.13. The lowest BCUT2D eigenvalue weighted by molar-refractivity contribution is -0.305. The molecule has 0 amide bonds. The van der Waals surface area contributed by atoms with Gasteiger partial charge >= 0.3 is 0 Å². The summed E-state index contributed by atoms with van der Waals surface area (Å²) in [6.45, 7) is 0. The first-order chi connectivity index (χ1) is 8.65. The molecule has 0 atom stereocenters. The van der Waals surface area contributed by atoms with E-state index in [0.717, 1.165) is 5.56 Å². The third-order valence-corrected chi connectivity index (χ3v) is 3.10. The number of hydrogen-bond acceptors (Lipinski definition) is 6. The van der Waals surface area contributed by atoms with Gasteiger partial charge in [-0.2, -0.15) is 0 Å². The van der Waals surface area contributed by atoms with E-state index in [-0.39, 0.29) is 6.42 Å². The van der Waals surface area contributed by atoms with E-state index >= 15 is 0 Å². The second kappa shape index (κ2) is 5.88. The molecule has 0 aliphatic heterocycles. The van der Waals surface area contributed by atoms with Crippen molar-refractivity contribution in [1.82, 2.24) is 10.2 Å². The van der Waals surface area contributed by atoms with Crippen LogP contribution in [0, 0.1) is 0 Å². The molecule has 1 heterocycles. The summed E-state index contributed by atoms with van der Waals surface area (Å²) in [5.41, 5.74) is 0.763. The van der Waals surface area contributed by atoms with Crippen molar-refractivity contribution in [3.8, 4) is 11.5 Å². The molecule has 0 aliphatic carbocycles. The first kappa shape index (κ1) is 12.9. The molecule has 0 unspecified atom stereocenters. The Balaban J connectivity index is 2.01. The van der Waals surface area contributed by atoms with Crippen molar-refractivity contribution in [3.63, 3.8) is 0 Å². The summed E-state index contributed by atoms with van der Waals surface area (Å²) < 4.78 is 5.38. The van der Waals surface area contributed by atoms with Crippen LogP contribution in [0.15, 0.2) is 33.9 Å². The highest BCUT2D eigenvalue weighted by molar-refractivity contribution is 7.99. The maximum atomic E-state index is 10.2. The first-order valence-electron chi connectivity index (χ1n) is 5.07. The number of carbonyl (C=O) groups excluding carboxylic acids is 1. The number of halogens is 1. The highest BCUT2D eigenvalue weighted by atomic mass is 35.5. The van der Waals surface area contributed by atoms with Crippen molar-refractivity contribution in [2.24, 2.45) is 0 Å². The Morgan fingerprint density at radius 1 is 1.33 bits per heavy atom. The molecule has 0 saturated heterocycles. The lowest BCUT2D eigenvalue weighted by Crippen LogP contribution is -2.22. The number of rotatable bonds is 5. The summed E-state index contributed by atoms with van der Waals surface area (Å²) >= 11 is 6.95. The highest BCUT2D eigenvalue weighted by Gasteiger charge is 2.08. The van der Waals surface area contributed by atoms with Gasteiger partial charge < -0.3 is 14.3 Å². The van der Waals surface area contributed by atoms with Gasteiger partial charge in [0.25, 0.3) is 5.22 Å². The van der Waals surface area contributed by atoms with Crippen molar-refractivity contribution >= 4 is 29.3 Å². The highest BCUT2D eigenvalue weighted by Crippen LogP contribution is 2.24. The second-order valence-electron chi connectivity index (χ2n) is 3.35. The van der Waals surface area contributed by atoms with E-state index in [0.29, 0.717) is 21.9 Å². The Bertz CT molecular complexity index is 541. The Morgan fingerprint density at radius 2 is 2.06 bits per heavy atom. The van der Waals surface area contributed by atoms with E-state index in [1.165, 1.54) is 11.8 Å². The number of carbonyl (C=O) groups is 1. The second-order valence-corrected chi connectivity index (χ2v) is 4.83. The molecule has 0 saturated carbocycles. The van der Waals surface area contributed by atoms with Crippen molar-refractivity contribution in [3.05, 3.63) is 29.3 Å². The molecule has 7 heteroatoms. The molecular weight excluding hydrogens is 276 g/mol. The number of nitrogens with zero attached hydrogens (tertiary/aromatic N) is 2. The topological polar surface area (TPSA) is 79.0 Å². The van der Waals surface area contributed by atoms with Crippen LogP contribution in [0.3, 0.4) is 0 Å². The fourth-order valence-electron chi connectivity index (χ4n) is 1.20. The third-order valence-electron chi connectivity index (χ3n) is 2.03. The van der Waals surface area contributed by atoms with Crippen molar-refractivity contribution in [2.75, 3.05) is 5.75 Å². The molecule has 1 aromatic carbocycles. The minimum Gasteiger partial charge on any atom is -0.550 e. The SMILES string of the molecule is O=C([O-])CCSc1nnc(-c2ccc(Cl)cc2)o1. The molecule has 18 heavy (non-hydrogen) atoms. The van der Waals surface area contributed by atoms with Gasteiger partial charge in [-0.15, -0.1) is 10.2 Å². The van der Waals surface area contributed by atoms with E-state index in [1.54, 1.807) is 24.3 Å². The molecule has 0 aliphatic rings. The largest absolute Gasteiger partial charge is 0.550 e. The van der Waals surface area contributed by atoms with E-state index in [4.69, 9.17) is 16.0 Å². The minimum absolute atomic E-state index is 0.0523. The van der Waals surface area contributed by atoms with Crippen LogP contribution in [0.5, 0.6) is 0 Å². The summed E-state index contributed by atoms with van der Waals surface area (Å²) in [5, 5.41) is 18.9. The predicted octanol–water partition coefficient (Wildman–Crippen LogP) is 1.62. The minimum atomic E-state index is -1.10. The van der Waals surface area contributed by atoms with Gasteiger partial charge in [-0.3, -0.25) is 0 Å². The fraction of sp³-hybridized carbons (Fsp3) is 0.182. The molecule has 94 valence electrons. The van der Waals surface area contributed by atoms with Crippen molar-refractivity contribution < 1.29 is 14.3 Å². The van der Waals surface area contributed by atoms with E-state index in [9.17, 15) is 9.90 Å². The van der Waals surface area contributed by atoms with Crippen LogP contribution in [0.2, 0.25) is 5.02 Å². The Morgan fingerprint density at radius 3 is 2.72 bits per heavy atom. The zero-order valence-corrected chi connectivity index (χ0v) is 10.7.